The standard InChI is InChI=1S/C13H18N2O/c1-4-10(2)9-15-12-6-5-11(8-14)7-13(12)16-3/h5-7,10,15H,4,9H2,1-3H3. The Kier molecular flexibility index (Phi) is 4.65. The Morgan fingerprint density at radius 2 is 2.25 bits per heavy atom. The Balaban J connectivity index is 2.76. The van der Waals surface area contributed by atoms with Crippen LogP contribution in [-0.2, 0) is 0 Å². The number of methoxy groups -OCH3 is 1. The molecule has 0 saturated heterocycles. The summed E-state index contributed by atoms with van der Waals surface area (Å²) in [6.45, 7) is 5.28. The third-order valence-corrected chi connectivity index (χ3v) is 2.67. The average molecular weight is 218 g/mol. The monoisotopic (exact) mass is 218 g/mol. The predicted octanol–water partition coefficient (Wildman–Crippen LogP) is 3.02. The topological polar surface area (TPSA) is 45.0 Å². The van der Waals surface area contributed by atoms with Crippen LogP contribution >= 0.6 is 0 Å². The molecule has 3 heteroatoms. The van der Waals surface area contributed by atoms with Gasteiger partial charge in [-0.3, -0.25) is 0 Å². The van der Waals surface area contributed by atoms with Crippen molar-refractivity contribution in [1.29, 1.82) is 5.26 Å². The zero-order valence-electron chi connectivity index (χ0n) is 10.1. The van der Waals surface area contributed by atoms with E-state index in [2.05, 4.69) is 25.2 Å². The van der Waals surface area contributed by atoms with E-state index in [1.54, 1.807) is 19.2 Å². The van der Waals surface area contributed by atoms with Crippen LogP contribution in [-0.4, -0.2) is 13.7 Å². The van der Waals surface area contributed by atoms with Crippen molar-refractivity contribution in [3.05, 3.63) is 23.8 Å². The molecule has 16 heavy (non-hydrogen) atoms. The van der Waals surface area contributed by atoms with Crippen LogP contribution in [0.1, 0.15) is 25.8 Å². The van der Waals surface area contributed by atoms with E-state index in [-0.39, 0.29) is 0 Å². The quantitative estimate of drug-likeness (QED) is 0.826. The normalized spacial score (nSPS) is 11.6. The molecule has 0 radical (unpaired) electrons. The second kappa shape index (κ2) is 6.02. The highest BCUT2D eigenvalue weighted by Crippen LogP contribution is 2.25. The van der Waals surface area contributed by atoms with E-state index in [1.807, 2.05) is 6.07 Å². The van der Waals surface area contributed by atoms with Crippen LogP contribution in [0.2, 0.25) is 0 Å². The van der Waals surface area contributed by atoms with Crippen LogP contribution in [0.15, 0.2) is 18.2 Å². The molecular weight excluding hydrogens is 200 g/mol. The van der Waals surface area contributed by atoms with Crippen molar-refractivity contribution in [1.82, 2.24) is 0 Å². The molecule has 0 spiro atoms. The number of rotatable bonds is 5. The summed E-state index contributed by atoms with van der Waals surface area (Å²) >= 11 is 0. The molecule has 0 aliphatic rings. The molecular formula is C13H18N2O. The molecule has 0 aliphatic heterocycles. The van der Waals surface area contributed by atoms with Crippen molar-refractivity contribution in [2.45, 2.75) is 20.3 Å². The maximum Gasteiger partial charge on any atom is 0.143 e. The van der Waals surface area contributed by atoms with Gasteiger partial charge in [0.05, 0.1) is 24.4 Å². The van der Waals surface area contributed by atoms with E-state index in [4.69, 9.17) is 10.00 Å². The molecule has 0 saturated carbocycles. The summed E-state index contributed by atoms with van der Waals surface area (Å²) in [4.78, 5) is 0. The van der Waals surface area contributed by atoms with E-state index in [0.717, 1.165) is 24.4 Å². The van der Waals surface area contributed by atoms with Gasteiger partial charge in [0, 0.05) is 12.6 Å². The van der Waals surface area contributed by atoms with Crippen molar-refractivity contribution >= 4 is 5.69 Å². The second-order valence-corrected chi connectivity index (χ2v) is 3.92. The molecule has 3 nitrogen and oxygen atoms in total. The molecule has 1 aromatic carbocycles. The number of nitrogens with zero attached hydrogens (tertiary/aromatic N) is 1. The van der Waals surface area contributed by atoms with Gasteiger partial charge in [-0.2, -0.15) is 5.26 Å². The first-order valence-corrected chi connectivity index (χ1v) is 5.53. The third kappa shape index (κ3) is 3.16. The van der Waals surface area contributed by atoms with Crippen molar-refractivity contribution < 1.29 is 4.74 Å². The molecule has 0 amide bonds. The minimum absolute atomic E-state index is 0.617. The second-order valence-electron chi connectivity index (χ2n) is 3.92. The van der Waals surface area contributed by atoms with Crippen LogP contribution < -0.4 is 10.1 Å². The number of nitriles is 1. The van der Waals surface area contributed by atoms with Gasteiger partial charge in [-0.1, -0.05) is 20.3 Å². The Bertz CT molecular complexity index is 382. The fourth-order valence-electron chi connectivity index (χ4n) is 1.34. The van der Waals surface area contributed by atoms with Gasteiger partial charge < -0.3 is 10.1 Å². The highest BCUT2D eigenvalue weighted by atomic mass is 16.5. The molecule has 0 aliphatic carbocycles. The van der Waals surface area contributed by atoms with Gasteiger partial charge >= 0.3 is 0 Å². The van der Waals surface area contributed by atoms with E-state index < -0.39 is 0 Å². The number of hydrogen-bond acceptors (Lipinski definition) is 3. The number of ether oxygens (including phenoxy) is 1. The smallest absolute Gasteiger partial charge is 0.143 e. The van der Waals surface area contributed by atoms with Gasteiger partial charge in [0.1, 0.15) is 5.75 Å². The zero-order valence-corrected chi connectivity index (χ0v) is 10.1. The van der Waals surface area contributed by atoms with Gasteiger partial charge in [0.2, 0.25) is 0 Å². The molecule has 1 unspecified atom stereocenters. The summed E-state index contributed by atoms with van der Waals surface area (Å²) in [7, 11) is 1.62. The lowest BCUT2D eigenvalue weighted by Gasteiger charge is -2.14. The lowest BCUT2D eigenvalue weighted by atomic mass is 10.1. The third-order valence-electron chi connectivity index (χ3n) is 2.67. The fraction of sp³-hybridized carbons (Fsp3) is 0.462. The van der Waals surface area contributed by atoms with E-state index >= 15 is 0 Å². The Hall–Kier alpha value is -1.69. The van der Waals surface area contributed by atoms with Gasteiger partial charge in [0.15, 0.2) is 0 Å². The molecule has 1 N–H and O–H groups in total. The van der Waals surface area contributed by atoms with Crippen LogP contribution in [0.4, 0.5) is 5.69 Å². The van der Waals surface area contributed by atoms with Crippen molar-refractivity contribution in [3.63, 3.8) is 0 Å². The lowest BCUT2D eigenvalue weighted by Crippen LogP contribution is -2.10. The number of anilines is 1. The number of nitrogens with one attached hydrogen (secondary N) is 1. The lowest BCUT2D eigenvalue weighted by molar-refractivity contribution is 0.416. The molecule has 86 valence electrons. The number of benzene rings is 1. The van der Waals surface area contributed by atoms with Crippen molar-refractivity contribution in [2.75, 3.05) is 19.0 Å². The zero-order chi connectivity index (χ0) is 12.0. The molecule has 1 atom stereocenters. The van der Waals surface area contributed by atoms with Crippen LogP contribution in [0.5, 0.6) is 5.75 Å². The molecule has 0 fully saturated rings. The van der Waals surface area contributed by atoms with Crippen molar-refractivity contribution in [3.8, 4) is 11.8 Å². The van der Waals surface area contributed by atoms with E-state index in [1.165, 1.54) is 0 Å². The number of hydrogen-bond donors (Lipinski definition) is 1. The summed E-state index contributed by atoms with van der Waals surface area (Å²) in [5.74, 6) is 1.35. The van der Waals surface area contributed by atoms with Crippen molar-refractivity contribution in [2.24, 2.45) is 5.92 Å². The Morgan fingerprint density at radius 1 is 1.50 bits per heavy atom. The van der Waals surface area contributed by atoms with Crippen LogP contribution in [0, 0.1) is 17.2 Å². The molecule has 0 bridgehead atoms. The van der Waals surface area contributed by atoms with Gasteiger partial charge in [-0.15, -0.1) is 0 Å². The largest absolute Gasteiger partial charge is 0.495 e. The van der Waals surface area contributed by atoms with E-state index in [0.29, 0.717) is 11.5 Å². The maximum absolute atomic E-state index is 8.78. The van der Waals surface area contributed by atoms with Crippen LogP contribution in [0.25, 0.3) is 0 Å². The maximum atomic E-state index is 8.78. The highest BCUT2D eigenvalue weighted by molar-refractivity contribution is 5.59. The molecule has 1 rings (SSSR count). The average Bonchev–Trinajstić information content (AvgIpc) is 2.35. The summed E-state index contributed by atoms with van der Waals surface area (Å²) in [6, 6.07) is 7.53. The highest BCUT2D eigenvalue weighted by Gasteiger charge is 2.05. The summed E-state index contributed by atoms with van der Waals surface area (Å²) in [6.07, 6.45) is 1.14. The minimum atomic E-state index is 0.617. The summed E-state index contributed by atoms with van der Waals surface area (Å²) in [5, 5.41) is 12.1. The van der Waals surface area contributed by atoms with Gasteiger partial charge in [-0.05, 0) is 18.1 Å². The molecule has 0 heterocycles. The fourth-order valence-corrected chi connectivity index (χ4v) is 1.34. The first kappa shape index (κ1) is 12.4. The van der Waals surface area contributed by atoms with Crippen LogP contribution in [0.3, 0.4) is 0 Å². The molecule has 0 aromatic heterocycles. The van der Waals surface area contributed by atoms with E-state index in [9.17, 15) is 0 Å². The predicted molar refractivity (Wildman–Crippen MR) is 65.7 cm³/mol. The van der Waals surface area contributed by atoms with Gasteiger partial charge in [-0.25, -0.2) is 0 Å². The summed E-state index contributed by atoms with van der Waals surface area (Å²) < 4.78 is 5.24. The SMILES string of the molecule is CCC(C)CNc1ccc(C#N)cc1OC. The van der Waals surface area contributed by atoms with Gasteiger partial charge in [0.25, 0.3) is 0 Å². The Morgan fingerprint density at radius 3 is 2.81 bits per heavy atom. The minimum Gasteiger partial charge on any atom is -0.495 e. The summed E-state index contributed by atoms with van der Waals surface area (Å²) in [5.41, 5.74) is 1.56. The molecule has 1 aromatic rings. The first-order chi connectivity index (χ1) is 7.71. The first-order valence-electron chi connectivity index (χ1n) is 5.53. The Labute approximate surface area is 97.0 Å².